The number of nitro benzene ring substituents is 1. The van der Waals surface area contributed by atoms with Crippen molar-refractivity contribution in [2.75, 3.05) is 19.6 Å². The fraction of sp³-hybridized carbons (Fsp3) is 0.462. The van der Waals surface area contributed by atoms with Gasteiger partial charge in [0.1, 0.15) is 0 Å². The van der Waals surface area contributed by atoms with E-state index in [4.69, 9.17) is 0 Å². The summed E-state index contributed by atoms with van der Waals surface area (Å²) in [4.78, 5) is 21.4. The number of benzene rings is 1. The van der Waals surface area contributed by atoms with Crippen molar-refractivity contribution >= 4 is 11.6 Å². The molecular formula is C13H19N3O3. The summed E-state index contributed by atoms with van der Waals surface area (Å²) in [5.74, 6) is -0.00875. The first kappa shape index (κ1) is 15.1. The molecule has 1 amide bonds. The van der Waals surface area contributed by atoms with Crippen LogP contribution in [0.5, 0.6) is 0 Å². The van der Waals surface area contributed by atoms with Gasteiger partial charge in [-0.2, -0.15) is 0 Å². The minimum atomic E-state index is -0.417. The lowest BCUT2D eigenvalue weighted by Crippen LogP contribution is -2.35. The highest BCUT2D eigenvalue weighted by Gasteiger charge is 2.04. The lowest BCUT2D eigenvalue weighted by Gasteiger charge is -2.05. The number of nitrogens with zero attached hydrogens (tertiary/aromatic N) is 1. The van der Waals surface area contributed by atoms with Gasteiger partial charge < -0.3 is 10.6 Å². The second kappa shape index (κ2) is 8.20. The molecule has 19 heavy (non-hydrogen) atoms. The van der Waals surface area contributed by atoms with Gasteiger partial charge in [0.15, 0.2) is 0 Å². The molecular weight excluding hydrogens is 246 g/mol. The van der Waals surface area contributed by atoms with E-state index in [1.54, 1.807) is 12.1 Å². The lowest BCUT2D eigenvalue weighted by atomic mass is 10.1. The zero-order chi connectivity index (χ0) is 14.1. The summed E-state index contributed by atoms with van der Waals surface area (Å²) >= 11 is 0. The molecule has 0 saturated heterocycles. The van der Waals surface area contributed by atoms with Crippen LogP contribution in [0.15, 0.2) is 24.3 Å². The Bertz CT molecular complexity index is 418. The van der Waals surface area contributed by atoms with Crippen LogP contribution >= 0.6 is 0 Å². The van der Waals surface area contributed by atoms with Crippen LogP contribution in [0.3, 0.4) is 0 Å². The standard InChI is InChI=1S/C13H19N3O3/c1-2-8-15-13(17)10-14-9-7-11-3-5-12(6-4-11)16(18)19/h3-6,14H,2,7-10H2,1H3,(H,15,17). The molecule has 2 N–H and O–H groups in total. The third-order valence-electron chi connectivity index (χ3n) is 2.60. The van der Waals surface area contributed by atoms with Gasteiger partial charge in [0.05, 0.1) is 11.5 Å². The maximum Gasteiger partial charge on any atom is 0.269 e. The average Bonchev–Trinajstić information content (AvgIpc) is 2.41. The van der Waals surface area contributed by atoms with E-state index in [1.807, 2.05) is 6.92 Å². The van der Waals surface area contributed by atoms with Crippen LogP contribution in [0.2, 0.25) is 0 Å². The second-order valence-corrected chi connectivity index (χ2v) is 4.20. The van der Waals surface area contributed by atoms with Crippen LogP contribution in [0.4, 0.5) is 5.69 Å². The van der Waals surface area contributed by atoms with Crippen molar-refractivity contribution in [2.24, 2.45) is 0 Å². The zero-order valence-electron chi connectivity index (χ0n) is 11.0. The van der Waals surface area contributed by atoms with Crippen molar-refractivity contribution < 1.29 is 9.72 Å². The van der Waals surface area contributed by atoms with Crippen LogP contribution in [-0.2, 0) is 11.2 Å². The van der Waals surface area contributed by atoms with Crippen molar-refractivity contribution in [2.45, 2.75) is 19.8 Å². The Labute approximate surface area is 112 Å². The van der Waals surface area contributed by atoms with E-state index in [2.05, 4.69) is 10.6 Å². The fourth-order valence-corrected chi connectivity index (χ4v) is 1.55. The van der Waals surface area contributed by atoms with E-state index in [9.17, 15) is 14.9 Å². The van der Waals surface area contributed by atoms with Crippen molar-refractivity contribution in [1.29, 1.82) is 0 Å². The van der Waals surface area contributed by atoms with E-state index < -0.39 is 4.92 Å². The highest BCUT2D eigenvalue weighted by Crippen LogP contribution is 2.11. The summed E-state index contributed by atoms with van der Waals surface area (Å²) < 4.78 is 0. The molecule has 1 rings (SSSR count). The molecule has 0 aliphatic rings. The summed E-state index contributed by atoms with van der Waals surface area (Å²) in [6.45, 7) is 3.66. The predicted octanol–water partition coefficient (Wildman–Crippen LogP) is 1.25. The van der Waals surface area contributed by atoms with Gasteiger partial charge in [-0.15, -0.1) is 0 Å². The minimum absolute atomic E-state index is 0.00875. The van der Waals surface area contributed by atoms with E-state index in [0.29, 0.717) is 19.6 Å². The molecule has 104 valence electrons. The fourth-order valence-electron chi connectivity index (χ4n) is 1.55. The summed E-state index contributed by atoms with van der Waals surface area (Å²) in [7, 11) is 0. The monoisotopic (exact) mass is 265 g/mol. The highest BCUT2D eigenvalue weighted by atomic mass is 16.6. The number of rotatable bonds is 8. The summed E-state index contributed by atoms with van der Waals surface area (Å²) in [6, 6.07) is 6.44. The number of amides is 1. The first-order valence-corrected chi connectivity index (χ1v) is 6.34. The number of non-ortho nitro benzene ring substituents is 1. The topological polar surface area (TPSA) is 84.3 Å². The molecule has 0 aromatic heterocycles. The second-order valence-electron chi connectivity index (χ2n) is 4.20. The molecule has 1 aromatic carbocycles. The van der Waals surface area contributed by atoms with E-state index >= 15 is 0 Å². The normalized spacial score (nSPS) is 10.2. The molecule has 0 aliphatic heterocycles. The number of nitro groups is 1. The van der Waals surface area contributed by atoms with Gasteiger partial charge in [-0.1, -0.05) is 19.1 Å². The third kappa shape index (κ3) is 5.96. The van der Waals surface area contributed by atoms with Crippen LogP contribution < -0.4 is 10.6 Å². The van der Waals surface area contributed by atoms with E-state index in [1.165, 1.54) is 12.1 Å². The van der Waals surface area contributed by atoms with Crippen LogP contribution in [0.25, 0.3) is 0 Å². The largest absolute Gasteiger partial charge is 0.355 e. The summed E-state index contributed by atoms with van der Waals surface area (Å²) in [5.41, 5.74) is 1.10. The van der Waals surface area contributed by atoms with Gasteiger partial charge in [-0.3, -0.25) is 14.9 Å². The number of carbonyl (C=O) groups is 1. The van der Waals surface area contributed by atoms with Gasteiger partial charge in [0, 0.05) is 18.7 Å². The zero-order valence-corrected chi connectivity index (χ0v) is 11.0. The Morgan fingerprint density at radius 3 is 2.53 bits per heavy atom. The van der Waals surface area contributed by atoms with Crippen molar-refractivity contribution in [1.82, 2.24) is 10.6 Å². The maximum absolute atomic E-state index is 11.3. The van der Waals surface area contributed by atoms with Gasteiger partial charge in [-0.05, 0) is 24.9 Å². The molecule has 6 heteroatoms. The predicted molar refractivity (Wildman–Crippen MR) is 73.0 cm³/mol. The first-order valence-electron chi connectivity index (χ1n) is 6.34. The highest BCUT2D eigenvalue weighted by molar-refractivity contribution is 5.77. The Morgan fingerprint density at radius 1 is 1.26 bits per heavy atom. The van der Waals surface area contributed by atoms with E-state index in [0.717, 1.165) is 18.4 Å². The van der Waals surface area contributed by atoms with Gasteiger partial charge >= 0.3 is 0 Å². The van der Waals surface area contributed by atoms with Crippen LogP contribution in [0, 0.1) is 10.1 Å². The lowest BCUT2D eigenvalue weighted by molar-refractivity contribution is -0.384. The Kier molecular flexibility index (Phi) is 6.52. The number of hydrogen-bond donors (Lipinski definition) is 2. The van der Waals surface area contributed by atoms with Crippen LogP contribution in [0.1, 0.15) is 18.9 Å². The number of hydrogen-bond acceptors (Lipinski definition) is 4. The van der Waals surface area contributed by atoms with Crippen molar-refractivity contribution in [3.63, 3.8) is 0 Å². The molecule has 0 aliphatic carbocycles. The summed E-state index contributed by atoms with van der Waals surface area (Å²) in [6.07, 6.45) is 1.66. The van der Waals surface area contributed by atoms with Crippen molar-refractivity contribution in [3.8, 4) is 0 Å². The van der Waals surface area contributed by atoms with Crippen molar-refractivity contribution in [3.05, 3.63) is 39.9 Å². The molecule has 0 unspecified atom stereocenters. The van der Waals surface area contributed by atoms with E-state index in [-0.39, 0.29) is 11.6 Å². The smallest absolute Gasteiger partial charge is 0.269 e. The maximum atomic E-state index is 11.3. The molecule has 0 saturated carbocycles. The molecule has 0 atom stereocenters. The number of nitrogens with one attached hydrogen (secondary N) is 2. The van der Waals surface area contributed by atoms with Gasteiger partial charge in [-0.25, -0.2) is 0 Å². The molecule has 1 aromatic rings. The molecule has 0 spiro atoms. The Hall–Kier alpha value is -1.95. The molecule has 0 radical (unpaired) electrons. The SMILES string of the molecule is CCCNC(=O)CNCCc1ccc([N+](=O)[O-])cc1. The Morgan fingerprint density at radius 2 is 1.95 bits per heavy atom. The van der Waals surface area contributed by atoms with Crippen LogP contribution in [-0.4, -0.2) is 30.5 Å². The average molecular weight is 265 g/mol. The third-order valence-corrected chi connectivity index (χ3v) is 2.60. The number of carbonyl (C=O) groups excluding carboxylic acids is 1. The molecule has 6 nitrogen and oxygen atoms in total. The first-order chi connectivity index (χ1) is 9.13. The molecule has 0 heterocycles. The Balaban J connectivity index is 2.22. The quantitative estimate of drug-likeness (QED) is 0.421. The minimum Gasteiger partial charge on any atom is -0.355 e. The van der Waals surface area contributed by atoms with Gasteiger partial charge in [0.25, 0.3) is 5.69 Å². The summed E-state index contributed by atoms with van der Waals surface area (Å²) in [5, 5.41) is 16.3. The molecule has 0 bridgehead atoms. The van der Waals surface area contributed by atoms with Gasteiger partial charge in [0.2, 0.25) is 5.91 Å². The molecule has 0 fully saturated rings.